The van der Waals surface area contributed by atoms with Gasteiger partial charge in [-0.25, -0.2) is 4.18 Å². The van der Waals surface area contributed by atoms with Gasteiger partial charge in [0.1, 0.15) is 17.8 Å². The smallest absolute Gasteiger partial charge is 0.397 e. The number of carbonyl (C=O) groups excluding carboxylic acids is 2. The van der Waals surface area contributed by atoms with Gasteiger partial charge in [0.25, 0.3) is 4.93 Å². The average Bonchev–Trinajstić information content (AvgIpc) is 3.24. The number of esters is 1. The van der Waals surface area contributed by atoms with E-state index in [0.717, 1.165) is 90.6 Å². The van der Waals surface area contributed by atoms with Gasteiger partial charge >= 0.3 is 26.5 Å². The van der Waals surface area contributed by atoms with E-state index in [0.29, 0.717) is 43.1 Å². The number of aryl methyl sites for hydroxylation is 1. The van der Waals surface area contributed by atoms with Gasteiger partial charge in [0.05, 0.1) is 19.8 Å². The van der Waals surface area contributed by atoms with Crippen LogP contribution in [0.25, 0.3) is 0 Å². The van der Waals surface area contributed by atoms with E-state index in [1.165, 1.54) is 51.4 Å². The Balaban J connectivity index is 2.33. The van der Waals surface area contributed by atoms with E-state index in [1.54, 1.807) is 18.2 Å². The number of rotatable bonds is 38. The van der Waals surface area contributed by atoms with Gasteiger partial charge in [0.2, 0.25) is 5.91 Å². The molecule has 2 rings (SSSR count). The van der Waals surface area contributed by atoms with Gasteiger partial charge < -0.3 is 28.8 Å². The molecule has 0 saturated carbocycles. The van der Waals surface area contributed by atoms with E-state index in [2.05, 4.69) is 25.0 Å². The molecule has 1 saturated heterocycles. The molecule has 0 radical (unpaired) electrons. The highest BCUT2D eigenvalue weighted by Gasteiger charge is 2.70. The Morgan fingerprint density at radius 3 is 1.62 bits per heavy atom. The normalized spacial score (nSPS) is 21.5. The molecule has 1 aromatic rings. The summed E-state index contributed by atoms with van der Waals surface area (Å²) in [5.74, 6) is -5.62. The molecule has 18 heteroatoms. The van der Waals surface area contributed by atoms with Crippen LogP contribution < -0.4 is 15.2 Å². The molecule has 5 atom stereocenters. The number of aliphatic hydroxyl groups is 1. The van der Waals surface area contributed by atoms with Crippen molar-refractivity contribution in [3.05, 3.63) is 23.8 Å². The Labute approximate surface area is 384 Å². The lowest BCUT2D eigenvalue weighted by atomic mass is 9.82. The lowest BCUT2D eigenvalue weighted by Crippen LogP contribution is -2.76. The Kier molecular flexibility index (Phi) is 27.8. The number of ether oxygens (including phenoxy) is 5. The van der Waals surface area contributed by atoms with Crippen molar-refractivity contribution in [2.24, 2.45) is 11.7 Å². The summed E-state index contributed by atoms with van der Waals surface area (Å²) >= 11 is 0. The van der Waals surface area contributed by atoms with E-state index >= 15 is 0 Å². The SMILES string of the molecule is CCCCCCCCCCCCCC(=O)O[C@@H]1[C@@H](C(=O)CCc2ccc(OCCCCCCCC)c(OCCCCCCCC)c2)[C@@](N)(OC)O[C@H](COS(=O)(=O)O)[C@]1(O)S(=O)(=O)O. The van der Waals surface area contributed by atoms with E-state index < -0.39 is 67.8 Å². The summed E-state index contributed by atoms with van der Waals surface area (Å²) in [6.07, 6.45) is 18.4. The minimum atomic E-state index is -5.82. The third-order valence-electron chi connectivity index (χ3n) is 11.8. The largest absolute Gasteiger partial charge is 0.490 e. The molecule has 1 aliphatic rings. The van der Waals surface area contributed by atoms with Crippen molar-refractivity contribution in [2.75, 3.05) is 26.9 Å². The number of benzene rings is 1. The van der Waals surface area contributed by atoms with Crippen molar-refractivity contribution >= 4 is 32.3 Å². The molecule has 1 heterocycles. The van der Waals surface area contributed by atoms with Gasteiger partial charge in [-0.1, -0.05) is 155 Å². The van der Waals surface area contributed by atoms with Crippen LogP contribution in [0.3, 0.4) is 0 Å². The predicted octanol–water partition coefficient (Wildman–Crippen LogP) is 8.95. The van der Waals surface area contributed by atoms with Crippen molar-refractivity contribution in [3.63, 3.8) is 0 Å². The minimum absolute atomic E-state index is 0.0270. The third-order valence-corrected chi connectivity index (χ3v) is 13.6. The molecule has 0 amide bonds. The van der Waals surface area contributed by atoms with E-state index in [4.69, 9.17) is 29.4 Å². The Morgan fingerprint density at radius 2 is 1.16 bits per heavy atom. The highest BCUT2D eigenvalue weighted by Crippen LogP contribution is 2.44. The summed E-state index contributed by atoms with van der Waals surface area (Å²) < 4.78 is 102. The van der Waals surface area contributed by atoms with Crippen LogP contribution in [-0.2, 0) is 54.9 Å². The summed E-state index contributed by atoms with van der Waals surface area (Å²) in [7, 11) is -10.1. The zero-order valence-electron chi connectivity index (χ0n) is 39.1. The highest BCUT2D eigenvalue weighted by molar-refractivity contribution is 7.87. The third kappa shape index (κ3) is 20.6. The lowest BCUT2D eigenvalue weighted by molar-refractivity contribution is -0.343. The molecular weight excluding hydrogens is 871 g/mol. The molecule has 0 aromatic heterocycles. The average molecular weight is 952 g/mol. The second kappa shape index (κ2) is 30.8. The van der Waals surface area contributed by atoms with Crippen molar-refractivity contribution < 1.29 is 68.5 Å². The maximum Gasteiger partial charge on any atom is 0.397 e. The molecule has 1 aliphatic heterocycles. The molecule has 1 fully saturated rings. The van der Waals surface area contributed by atoms with Gasteiger partial charge in [0, 0.05) is 20.0 Å². The maximum absolute atomic E-state index is 14.3. The first-order chi connectivity index (χ1) is 30.5. The number of unbranched alkanes of at least 4 members (excludes halogenated alkanes) is 20. The fraction of sp³-hybridized carbons (Fsp3) is 0.826. The van der Waals surface area contributed by atoms with E-state index in [-0.39, 0.29) is 19.3 Å². The van der Waals surface area contributed by atoms with Gasteiger partial charge in [0.15, 0.2) is 17.6 Å². The van der Waals surface area contributed by atoms with E-state index in [1.807, 2.05) is 0 Å². The maximum atomic E-state index is 14.3. The molecule has 0 unspecified atom stereocenters. The molecule has 1 aromatic carbocycles. The van der Waals surface area contributed by atoms with Gasteiger partial charge in [-0.2, -0.15) is 16.8 Å². The van der Waals surface area contributed by atoms with Gasteiger partial charge in [-0.3, -0.25) is 24.4 Å². The monoisotopic (exact) mass is 952 g/mol. The number of hydrogen-bond acceptors (Lipinski definition) is 14. The van der Waals surface area contributed by atoms with Crippen molar-refractivity contribution in [1.29, 1.82) is 0 Å². The van der Waals surface area contributed by atoms with Gasteiger partial charge in [-0.05, 0) is 43.4 Å². The topological polar surface area (TPSA) is 245 Å². The molecule has 372 valence electrons. The Morgan fingerprint density at radius 1 is 0.688 bits per heavy atom. The summed E-state index contributed by atoms with van der Waals surface area (Å²) in [6, 6.07) is 5.27. The Hall–Kier alpha value is -2.42. The van der Waals surface area contributed by atoms with Crippen LogP contribution in [-0.4, -0.2) is 92.8 Å². The van der Waals surface area contributed by atoms with Crippen LogP contribution in [0.5, 0.6) is 11.5 Å². The number of Topliss-reactive ketones (excluding diaryl/α,β-unsaturated/α-hetero) is 1. The fourth-order valence-electron chi connectivity index (χ4n) is 7.97. The first-order valence-corrected chi connectivity index (χ1v) is 26.7. The summed E-state index contributed by atoms with van der Waals surface area (Å²) in [5, 5.41) is 11.8. The summed E-state index contributed by atoms with van der Waals surface area (Å²) in [6.45, 7) is 6.02. The predicted molar refractivity (Wildman–Crippen MR) is 245 cm³/mol. The number of carbonyl (C=O) groups is 2. The van der Waals surface area contributed by atoms with Crippen LogP contribution in [0.2, 0.25) is 0 Å². The molecule has 16 nitrogen and oxygen atoms in total. The standard InChI is InChI=1S/C46H81NO15S2/c1-5-8-11-14-17-18-19-20-21-22-25-28-42(49)61-44-43(46(47,57-4)62-41(36-60-64(54,55)56)45(44,50)63(51,52)53)38(48)31-29-37-30-32-39(58-33-26-23-15-12-9-6-2)40(35-37)59-34-27-24-16-13-10-7-3/h30,32,35,41,43-44,50H,5-29,31,33-34,36,47H2,1-4H3,(H,51,52,53)(H,54,55,56)/t41-,43-,44-,45+,46-/m1/s1. The number of methoxy groups -OCH3 is 1. The first kappa shape index (κ1) is 57.7. The number of ketones is 1. The van der Waals surface area contributed by atoms with Crippen LogP contribution in [0.15, 0.2) is 18.2 Å². The number of nitrogens with two attached hydrogens (primary N) is 1. The van der Waals surface area contributed by atoms with Crippen LogP contribution in [0.1, 0.15) is 187 Å². The molecule has 0 aliphatic carbocycles. The second-order valence-electron chi connectivity index (χ2n) is 17.1. The summed E-state index contributed by atoms with van der Waals surface area (Å²) in [5.41, 5.74) is 7.07. The zero-order chi connectivity index (χ0) is 47.5. The quantitative estimate of drug-likeness (QED) is 0.0209. The molecule has 0 spiro atoms. The highest BCUT2D eigenvalue weighted by atomic mass is 32.3. The van der Waals surface area contributed by atoms with Crippen LogP contribution in [0.4, 0.5) is 0 Å². The molecule has 64 heavy (non-hydrogen) atoms. The van der Waals surface area contributed by atoms with E-state index in [9.17, 15) is 40.6 Å². The van der Waals surface area contributed by atoms with Gasteiger partial charge in [-0.15, -0.1) is 0 Å². The zero-order valence-corrected chi connectivity index (χ0v) is 40.7. The summed E-state index contributed by atoms with van der Waals surface area (Å²) in [4.78, 5) is 24.0. The minimum Gasteiger partial charge on any atom is -0.490 e. The lowest BCUT2D eigenvalue weighted by Gasteiger charge is -2.51. The van der Waals surface area contributed by atoms with Crippen molar-refractivity contribution in [1.82, 2.24) is 0 Å². The molecule has 5 N–H and O–H groups in total. The first-order valence-electron chi connectivity index (χ1n) is 23.9. The fourth-order valence-corrected chi connectivity index (χ4v) is 9.20. The second-order valence-corrected chi connectivity index (χ2v) is 19.8. The Bertz CT molecular complexity index is 1700. The van der Waals surface area contributed by atoms with Crippen molar-refractivity contribution in [2.45, 2.75) is 211 Å². The number of hydrogen-bond donors (Lipinski definition) is 4. The van der Waals surface area contributed by atoms with Crippen LogP contribution in [0, 0.1) is 5.92 Å². The molecule has 0 bridgehead atoms. The van der Waals surface area contributed by atoms with Crippen LogP contribution >= 0.6 is 0 Å². The molecular formula is C46H81NO15S2. The van der Waals surface area contributed by atoms with Crippen molar-refractivity contribution in [3.8, 4) is 11.5 Å².